The van der Waals surface area contributed by atoms with Gasteiger partial charge < -0.3 is 11.1 Å². The van der Waals surface area contributed by atoms with E-state index < -0.39 is 12.1 Å². The molecule has 1 aromatic heterocycles. The van der Waals surface area contributed by atoms with Gasteiger partial charge in [0.05, 0.1) is 23.3 Å². The van der Waals surface area contributed by atoms with Crippen LogP contribution in [-0.2, 0) is 22.4 Å². The number of nitrogens with zero attached hydrogens (tertiary/aromatic N) is 1. The van der Waals surface area contributed by atoms with E-state index in [0.717, 1.165) is 16.8 Å². The molecule has 23 heavy (non-hydrogen) atoms. The van der Waals surface area contributed by atoms with Crippen LogP contribution in [0, 0.1) is 6.92 Å². The molecule has 0 spiro atoms. The van der Waals surface area contributed by atoms with E-state index in [1.807, 2.05) is 36.6 Å². The number of aromatic nitrogens is 1. The van der Waals surface area contributed by atoms with Crippen molar-refractivity contribution in [3.63, 3.8) is 0 Å². The zero-order chi connectivity index (χ0) is 16.8. The van der Waals surface area contributed by atoms with Gasteiger partial charge in [-0.15, -0.1) is 11.3 Å². The van der Waals surface area contributed by atoms with E-state index in [2.05, 4.69) is 10.3 Å². The summed E-state index contributed by atoms with van der Waals surface area (Å²) in [5, 5.41) is 4.62. The second-order valence-electron chi connectivity index (χ2n) is 5.65. The fraction of sp³-hybridized carbons (Fsp3) is 0.353. The third kappa shape index (κ3) is 5.26. The van der Waals surface area contributed by atoms with Crippen LogP contribution < -0.4 is 11.1 Å². The Labute approximate surface area is 139 Å². The predicted octanol–water partition coefficient (Wildman–Crippen LogP) is 1.64. The van der Waals surface area contributed by atoms with E-state index >= 15 is 0 Å². The van der Waals surface area contributed by atoms with Crippen molar-refractivity contribution in [2.45, 2.75) is 38.8 Å². The fourth-order valence-electron chi connectivity index (χ4n) is 2.19. The number of rotatable bonds is 7. The van der Waals surface area contributed by atoms with Gasteiger partial charge in [-0.1, -0.05) is 29.8 Å². The lowest BCUT2D eigenvalue weighted by Crippen LogP contribution is -2.49. The minimum absolute atomic E-state index is 0.0835. The average Bonchev–Trinajstić information content (AvgIpc) is 3.01. The van der Waals surface area contributed by atoms with Crippen LogP contribution in [-0.4, -0.2) is 28.8 Å². The van der Waals surface area contributed by atoms with Gasteiger partial charge in [0.1, 0.15) is 0 Å². The first kappa shape index (κ1) is 17.3. The van der Waals surface area contributed by atoms with E-state index in [1.165, 1.54) is 18.3 Å². The van der Waals surface area contributed by atoms with E-state index in [1.54, 1.807) is 5.51 Å². The monoisotopic (exact) mass is 331 g/mol. The quantitative estimate of drug-likeness (QED) is 0.808. The van der Waals surface area contributed by atoms with E-state index in [4.69, 9.17) is 5.73 Å². The van der Waals surface area contributed by atoms with Crippen molar-refractivity contribution in [2.75, 3.05) is 0 Å². The van der Waals surface area contributed by atoms with Gasteiger partial charge in [-0.3, -0.25) is 9.59 Å². The van der Waals surface area contributed by atoms with Gasteiger partial charge in [0.2, 0.25) is 5.91 Å². The first-order valence-electron chi connectivity index (χ1n) is 7.44. The first-order valence-corrected chi connectivity index (χ1v) is 8.39. The Morgan fingerprint density at radius 1 is 1.26 bits per heavy atom. The molecule has 2 rings (SSSR count). The summed E-state index contributed by atoms with van der Waals surface area (Å²) in [5.41, 5.74) is 10.6. The Balaban J connectivity index is 1.96. The van der Waals surface area contributed by atoms with Crippen molar-refractivity contribution in [3.8, 4) is 0 Å². The summed E-state index contributed by atoms with van der Waals surface area (Å²) in [6.45, 7) is 3.48. The minimum Gasteiger partial charge on any atom is -0.345 e. The second-order valence-corrected chi connectivity index (χ2v) is 6.37. The topological polar surface area (TPSA) is 85.1 Å². The number of nitrogens with two attached hydrogens (primary N) is 1. The molecular weight excluding hydrogens is 310 g/mol. The lowest BCUT2D eigenvalue weighted by atomic mass is 10.0. The SMILES string of the molecule is CC(=O)C(Cc1ccc(C)cc1)NC(=O)[C@@H](N)Cc1cscn1. The van der Waals surface area contributed by atoms with Gasteiger partial charge >= 0.3 is 0 Å². The van der Waals surface area contributed by atoms with Crippen LogP contribution >= 0.6 is 11.3 Å². The Bertz CT molecular complexity index is 653. The maximum absolute atomic E-state index is 12.2. The van der Waals surface area contributed by atoms with Crippen LogP contribution in [0.15, 0.2) is 35.2 Å². The van der Waals surface area contributed by atoms with E-state index in [9.17, 15) is 9.59 Å². The number of Topliss-reactive ketones (excluding diaryl/α,β-unsaturated/α-hetero) is 1. The lowest BCUT2D eigenvalue weighted by molar-refractivity contribution is -0.127. The molecule has 0 aliphatic carbocycles. The molecule has 1 amide bonds. The van der Waals surface area contributed by atoms with Crippen LogP contribution in [0.3, 0.4) is 0 Å². The fourth-order valence-corrected chi connectivity index (χ4v) is 2.76. The van der Waals surface area contributed by atoms with Crippen molar-refractivity contribution in [2.24, 2.45) is 5.73 Å². The van der Waals surface area contributed by atoms with Crippen LogP contribution in [0.1, 0.15) is 23.7 Å². The van der Waals surface area contributed by atoms with Gasteiger partial charge in [0.25, 0.3) is 0 Å². The van der Waals surface area contributed by atoms with Crippen molar-refractivity contribution in [1.82, 2.24) is 10.3 Å². The number of hydrogen-bond acceptors (Lipinski definition) is 5. The molecule has 0 aliphatic heterocycles. The van der Waals surface area contributed by atoms with Crippen molar-refractivity contribution in [1.29, 1.82) is 0 Å². The molecule has 0 bridgehead atoms. The summed E-state index contributed by atoms with van der Waals surface area (Å²) in [5.74, 6) is -0.412. The maximum Gasteiger partial charge on any atom is 0.237 e. The molecule has 1 heterocycles. The summed E-state index contributed by atoms with van der Waals surface area (Å²) in [7, 11) is 0. The van der Waals surface area contributed by atoms with Crippen LogP contribution in [0.25, 0.3) is 0 Å². The zero-order valence-electron chi connectivity index (χ0n) is 13.3. The van der Waals surface area contributed by atoms with Crippen molar-refractivity contribution < 1.29 is 9.59 Å². The highest BCUT2D eigenvalue weighted by Gasteiger charge is 2.22. The molecule has 0 radical (unpaired) electrons. The number of nitrogens with one attached hydrogen (secondary N) is 1. The summed E-state index contributed by atoms with van der Waals surface area (Å²) < 4.78 is 0. The Hall–Kier alpha value is -2.05. The Kier molecular flexibility index (Phi) is 6.01. The number of ketones is 1. The van der Waals surface area contributed by atoms with E-state index in [-0.39, 0.29) is 11.7 Å². The highest BCUT2D eigenvalue weighted by Crippen LogP contribution is 2.08. The largest absolute Gasteiger partial charge is 0.345 e. The lowest BCUT2D eigenvalue weighted by Gasteiger charge is -2.19. The number of hydrogen-bond donors (Lipinski definition) is 2. The molecule has 0 aliphatic rings. The Morgan fingerprint density at radius 2 is 1.96 bits per heavy atom. The molecule has 0 fully saturated rings. The predicted molar refractivity (Wildman–Crippen MR) is 91.3 cm³/mol. The van der Waals surface area contributed by atoms with Crippen molar-refractivity contribution >= 4 is 23.0 Å². The van der Waals surface area contributed by atoms with Crippen LogP contribution in [0.4, 0.5) is 0 Å². The number of aryl methyl sites for hydroxylation is 1. The number of benzene rings is 1. The molecule has 3 N–H and O–H groups in total. The van der Waals surface area contributed by atoms with Crippen LogP contribution in [0.5, 0.6) is 0 Å². The molecule has 122 valence electrons. The highest BCUT2D eigenvalue weighted by molar-refractivity contribution is 7.07. The normalized spacial score (nSPS) is 13.3. The third-order valence-corrected chi connectivity index (χ3v) is 4.25. The number of amides is 1. The van der Waals surface area contributed by atoms with Gasteiger partial charge in [-0.2, -0.15) is 0 Å². The maximum atomic E-state index is 12.2. The molecule has 2 aromatic rings. The Morgan fingerprint density at radius 3 is 2.52 bits per heavy atom. The molecule has 1 aromatic carbocycles. The average molecular weight is 331 g/mol. The molecule has 2 atom stereocenters. The molecular formula is C17H21N3O2S. The number of thiazole rings is 1. The second kappa shape index (κ2) is 7.99. The van der Waals surface area contributed by atoms with Gasteiger partial charge in [0, 0.05) is 11.8 Å². The summed E-state index contributed by atoms with van der Waals surface area (Å²) in [6.07, 6.45) is 0.829. The minimum atomic E-state index is -0.711. The van der Waals surface area contributed by atoms with Crippen molar-refractivity contribution in [3.05, 3.63) is 52.0 Å². The highest BCUT2D eigenvalue weighted by atomic mass is 32.1. The number of carbonyl (C=O) groups excluding carboxylic acids is 2. The summed E-state index contributed by atoms with van der Waals surface area (Å²) in [6, 6.07) is 6.63. The molecule has 5 nitrogen and oxygen atoms in total. The molecule has 1 unspecified atom stereocenters. The standard InChI is InChI=1S/C17H21N3O2S/c1-11-3-5-13(6-4-11)7-16(12(2)21)20-17(22)15(18)8-14-9-23-10-19-14/h3-6,9-10,15-16H,7-8,18H2,1-2H3,(H,20,22)/t15-,16?/m0/s1. The first-order chi connectivity index (χ1) is 11.0. The summed E-state index contributed by atoms with van der Waals surface area (Å²) in [4.78, 5) is 28.2. The van der Waals surface area contributed by atoms with Gasteiger partial charge in [0.15, 0.2) is 5.78 Å². The van der Waals surface area contributed by atoms with E-state index in [0.29, 0.717) is 12.8 Å². The third-order valence-electron chi connectivity index (χ3n) is 3.62. The zero-order valence-corrected chi connectivity index (χ0v) is 14.1. The van der Waals surface area contributed by atoms with Crippen LogP contribution in [0.2, 0.25) is 0 Å². The molecule has 0 saturated carbocycles. The van der Waals surface area contributed by atoms with Gasteiger partial charge in [-0.25, -0.2) is 4.98 Å². The molecule has 0 saturated heterocycles. The van der Waals surface area contributed by atoms with Gasteiger partial charge in [-0.05, 0) is 25.8 Å². The smallest absolute Gasteiger partial charge is 0.237 e. The molecule has 6 heteroatoms. The number of carbonyl (C=O) groups is 2. The summed E-state index contributed by atoms with van der Waals surface area (Å²) >= 11 is 1.46.